The molecule has 4 atom stereocenters. The monoisotopic (exact) mass is 477 g/mol. The largest absolute Gasteiger partial charge is 0.493 e. The molecule has 1 aromatic rings. The predicted octanol–water partition coefficient (Wildman–Crippen LogP) is 5.93. The van der Waals surface area contributed by atoms with Crippen LogP contribution in [0.4, 0.5) is 0 Å². The first-order valence-electron chi connectivity index (χ1n) is 9.26. The zero-order chi connectivity index (χ0) is 19.8. The first kappa shape index (κ1) is 22.5. The molecule has 0 spiro atoms. The van der Waals surface area contributed by atoms with E-state index < -0.39 is 0 Å². The van der Waals surface area contributed by atoms with E-state index in [2.05, 4.69) is 40.0 Å². The Morgan fingerprint density at radius 1 is 1.41 bits per heavy atom. The van der Waals surface area contributed by atoms with Gasteiger partial charge in [0.2, 0.25) is 0 Å². The summed E-state index contributed by atoms with van der Waals surface area (Å²) < 4.78 is 11.0. The summed E-state index contributed by atoms with van der Waals surface area (Å²) in [6.07, 6.45) is 8.81. The Balaban J connectivity index is 1.99. The van der Waals surface area contributed by atoms with Gasteiger partial charge in [0.05, 0.1) is 17.7 Å². The van der Waals surface area contributed by atoms with Crippen molar-refractivity contribution in [2.24, 2.45) is 11.8 Å². The average Bonchev–Trinajstić information content (AvgIpc) is 2.88. The van der Waals surface area contributed by atoms with Crippen LogP contribution in [0.5, 0.6) is 5.75 Å². The lowest BCUT2D eigenvalue weighted by Crippen LogP contribution is -2.25. The molecule has 2 rings (SSSR count). The molecular formula is C20H26BrCl2NO3. The van der Waals surface area contributed by atoms with Gasteiger partial charge in [-0.2, -0.15) is 0 Å². The van der Waals surface area contributed by atoms with Gasteiger partial charge in [0.1, 0.15) is 17.5 Å². The molecule has 1 aliphatic carbocycles. The highest BCUT2D eigenvalue weighted by molar-refractivity contribution is 9.09. The summed E-state index contributed by atoms with van der Waals surface area (Å²) in [5.74, 6) is 0.964. The van der Waals surface area contributed by atoms with Gasteiger partial charge < -0.3 is 9.47 Å². The van der Waals surface area contributed by atoms with E-state index in [9.17, 15) is 4.79 Å². The minimum Gasteiger partial charge on any atom is -0.493 e. The lowest BCUT2D eigenvalue weighted by molar-refractivity contribution is -0.142. The van der Waals surface area contributed by atoms with Crippen LogP contribution in [0.25, 0.3) is 0 Å². The first-order valence-corrected chi connectivity index (χ1v) is 11.0. The molecule has 4 nitrogen and oxygen atoms in total. The normalized spacial score (nSPS) is 25.1. The van der Waals surface area contributed by atoms with E-state index in [0.29, 0.717) is 29.1 Å². The third kappa shape index (κ3) is 7.28. The summed E-state index contributed by atoms with van der Waals surface area (Å²) in [6.45, 7) is 4.11. The van der Waals surface area contributed by atoms with Crippen molar-refractivity contribution in [3.63, 3.8) is 0 Å². The van der Waals surface area contributed by atoms with E-state index in [4.69, 9.17) is 32.7 Å². The molecule has 0 aromatic carbocycles. The van der Waals surface area contributed by atoms with Crippen LogP contribution in [0, 0.1) is 11.8 Å². The molecule has 7 heteroatoms. The van der Waals surface area contributed by atoms with Gasteiger partial charge in [-0.25, -0.2) is 4.98 Å². The van der Waals surface area contributed by atoms with E-state index in [-0.39, 0.29) is 28.7 Å². The first-order chi connectivity index (χ1) is 12.9. The summed E-state index contributed by atoms with van der Waals surface area (Å²) in [7, 11) is 0. The van der Waals surface area contributed by atoms with Crippen molar-refractivity contribution < 1.29 is 14.3 Å². The maximum Gasteiger partial charge on any atom is 0.303 e. The molecule has 1 fully saturated rings. The van der Waals surface area contributed by atoms with Crippen molar-refractivity contribution in [3.05, 3.63) is 35.1 Å². The van der Waals surface area contributed by atoms with Crippen molar-refractivity contribution in [1.82, 2.24) is 4.98 Å². The van der Waals surface area contributed by atoms with Crippen LogP contribution in [-0.4, -0.2) is 27.8 Å². The zero-order valence-electron chi connectivity index (χ0n) is 15.7. The van der Waals surface area contributed by atoms with Crippen LogP contribution in [0.15, 0.2) is 24.3 Å². The van der Waals surface area contributed by atoms with Crippen molar-refractivity contribution in [2.75, 3.05) is 6.61 Å². The number of rotatable bonds is 9. The number of pyridine rings is 1. The molecule has 0 saturated heterocycles. The van der Waals surface area contributed by atoms with Crippen LogP contribution in [0.2, 0.25) is 5.15 Å². The Kier molecular flexibility index (Phi) is 9.40. The van der Waals surface area contributed by atoms with Crippen LogP contribution in [0.1, 0.15) is 45.2 Å². The molecule has 0 radical (unpaired) electrons. The van der Waals surface area contributed by atoms with Crippen molar-refractivity contribution in [1.29, 1.82) is 0 Å². The third-order valence-corrected chi connectivity index (χ3v) is 6.70. The van der Waals surface area contributed by atoms with Crippen molar-refractivity contribution in [2.45, 2.75) is 56.3 Å². The maximum absolute atomic E-state index is 11.0. The smallest absolute Gasteiger partial charge is 0.303 e. The van der Waals surface area contributed by atoms with Crippen molar-refractivity contribution >= 4 is 45.1 Å². The van der Waals surface area contributed by atoms with Gasteiger partial charge in [-0.05, 0) is 25.2 Å². The molecule has 0 N–H and O–H groups in total. The van der Waals surface area contributed by atoms with E-state index in [1.165, 1.54) is 6.92 Å². The number of hydrogen-bond donors (Lipinski definition) is 0. The maximum atomic E-state index is 11.0. The lowest BCUT2D eigenvalue weighted by atomic mass is 9.93. The number of ether oxygens (including phenoxy) is 2. The van der Waals surface area contributed by atoms with E-state index in [0.717, 1.165) is 25.7 Å². The second kappa shape index (κ2) is 11.3. The fraction of sp³-hybridized carbons (Fsp3) is 0.600. The summed E-state index contributed by atoms with van der Waals surface area (Å²) >= 11 is 16.4. The highest BCUT2D eigenvalue weighted by atomic mass is 79.9. The number of aromatic nitrogens is 1. The summed E-state index contributed by atoms with van der Waals surface area (Å²) in [5.41, 5.74) is 0.555. The topological polar surface area (TPSA) is 48.4 Å². The molecule has 1 aromatic heterocycles. The number of carbonyl (C=O) groups is 1. The SMILES string of the molecule is CCC/C=C\C[C@H]1CC(Br)C(Cl)[C@@H]1COc1cc(Cl)nc(COC(C)=O)c1. The lowest BCUT2D eigenvalue weighted by Gasteiger charge is -2.21. The number of halogens is 3. The number of esters is 1. The fourth-order valence-corrected chi connectivity index (χ4v) is 4.70. The van der Waals surface area contributed by atoms with Crippen LogP contribution in [-0.2, 0) is 16.1 Å². The molecule has 150 valence electrons. The second-order valence-electron chi connectivity index (χ2n) is 6.82. The summed E-state index contributed by atoms with van der Waals surface area (Å²) in [5, 5.41) is 0.327. The van der Waals surface area contributed by atoms with Crippen LogP contribution < -0.4 is 4.74 Å². The molecular weight excluding hydrogens is 453 g/mol. The Labute approximate surface area is 179 Å². The van der Waals surface area contributed by atoms with Gasteiger partial charge in [-0.15, -0.1) is 11.6 Å². The molecule has 1 saturated carbocycles. The Hall–Kier alpha value is -0.780. The van der Waals surface area contributed by atoms with Crippen LogP contribution in [0.3, 0.4) is 0 Å². The van der Waals surface area contributed by atoms with Crippen LogP contribution >= 0.6 is 39.1 Å². The van der Waals surface area contributed by atoms with Gasteiger partial charge in [0.25, 0.3) is 0 Å². The molecule has 0 bridgehead atoms. The zero-order valence-corrected chi connectivity index (χ0v) is 18.8. The quantitative estimate of drug-likeness (QED) is 0.191. The van der Waals surface area contributed by atoms with E-state index in [1.807, 2.05) is 0 Å². The minimum absolute atomic E-state index is 0.0207. The average molecular weight is 479 g/mol. The molecule has 0 aliphatic heterocycles. The molecule has 1 aliphatic rings. The second-order valence-corrected chi connectivity index (χ2v) is 8.89. The molecule has 2 unspecified atom stereocenters. The third-order valence-electron chi connectivity index (χ3n) is 4.64. The van der Waals surface area contributed by atoms with Gasteiger partial charge in [-0.1, -0.05) is 53.0 Å². The Morgan fingerprint density at radius 2 is 2.19 bits per heavy atom. The standard InChI is InChI=1S/C20H26BrCl2NO3/c1-3-4-5-6-7-14-8-18(21)20(23)17(14)12-27-16-9-15(11-26-13(2)25)24-19(22)10-16/h5-6,9-10,14,17-18,20H,3-4,7-8,11-12H2,1-2H3/b6-5-/t14-,17+,18?,20?/m0/s1. The van der Waals surface area contributed by atoms with E-state index in [1.54, 1.807) is 12.1 Å². The molecule has 1 heterocycles. The predicted molar refractivity (Wildman–Crippen MR) is 113 cm³/mol. The Morgan fingerprint density at radius 3 is 2.89 bits per heavy atom. The number of unbranched alkanes of at least 4 members (excludes halogenated alkanes) is 1. The van der Waals surface area contributed by atoms with E-state index >= 15 is 0 Å². The highest BCUT2D eigenvalue weighted by Crippen LogP contribution is 2.42. The van der Waals surface area contributed by atoms with Gasteiger partial charge in [0.15, 0.2) is 0 Å². The van der Waals surface area contributed by atoms with Crippen molar-refractivity contribution in [3.8, 4) is 5.75 Å². The van der Waals surface area contributed by atoms with Gasteiger partial charge in [-0.3, -0.25) is 4.79 Å². The van der Waals surface area contributed by atoms with Gasteiger partial charge >= 0.3 is 5.97 Å². The number of alkyl halides is 2. The molecule has 0 amide bonds. The van der Waals surface area contributed by atoms with Gasteiger partial charge in [0, 0.05) is 29.8 Å². The molecule has 27 heavy (non-hydrogen) atoms. The Bertz CT molecular complexity index is 656. The number of hydrogen-bond acceptors (Lipinski definition) is 4. The number of carbonyl (C=O) groups excluding carboxylic acids is 1. The summed E-state index contributed by atoms with van der Waals surface area (Å²) in [6, 6.07) is 3.41. The minimum atomic E-state index is -0.363. The number of allylic oxidation sites excluding steroid dienone is 2. The number of nitrogens with zero attached hydrogens (tertiary/aromatic N) is 1. The summed E-state index contributed by atoms with van der Waals surface area (Å²) in [4.78, 5) is 15.4. The highest BCUT2D eigenvalue weighted by Gasteiger charge is 2.40. The fourth-order valence-electron chi connectivity index (χ4n) is 3.23.